The first-order valence-electron chi connectivity index (χ1n) is 11.1. The number of aromatic amines is 1. The van der Waals surface area contributed by atoms with Gasteiger partial charge in [-0.25, -0.2) is 8.42 Å². The van der Waals surface area contributed by atoms with E-state index in [4.69, 9.17) is 33.2 Å². The molecular weight excluding hydrogens is 553 g/mol. The molecule has 190 valence electrons. The summed E-state index contributed by atoms with van der Waals surface area (Å²) in [7, 11) is -4.13. The smallest absolute Gasteiger partial charge is 0.266 e. The molecule has 4 rings (SSSR count). The monoisotopic (exact) mass is 573 g/mol. The predicted octanol–water partition coefficient (Wildman–Crippen LogP) is 6.55. The summed E-state index contributed by atoms with van der Waals surface area (Å²) in [6.07, 6.45) is 2.76. The number of hydrogen-bond donors (Lipinski definition) is 2. The van der Waals surface area contributed by atoms with Crippen molar-refractivity contribution in [2.45, 2.75) is 28.5 Å². The van der Waals surface area contributed by atoms with Gasteiger partial charge in [0.15, 0.2) is 0 Å². The standard InChI is InChI=1S/C25H21Cl2N5O3S2/c26-19-6-5-7-20(27)23(19)37(33,34)32-24-22(21-8-1-3-14-29-21)25(31-30-24)36-16-17-9-11-18(12-10-17)35-15-4-2-13-28/h1,3,5-12,14H,2,4,15-16H2,(H2,30,31,32). The number of ether oxygens (including phenoxy) is 1. The average Bonchev–Trinajstić information content (AvgIpc) is 3.28. The van der Waals surface area contributed by atoms with Crippen LogP contribution in [-0.4, -0.2) is 30.2 Å². The number of nitrogens with zero attached hydrogens (tertiary/aromatic N) is 3. The van der Waals surface area contributed by atoms with E-state index in [-0.39, 0.29) is 20.8 Å². The van der Waals surface area contributed by atoms with Crippen LogP contribution in [0.4, 0.5) is 5.82 Å². The Hall–Kier alpha value is -3.23. The van der Waals surface area contributed by atoms with Gasteiger partial charge in [0.25, 0.3) is 10.0 Å². The summed E-state index contributed by atoms with van der Waals surface area (Å²) >= 11 is 13.7. The molecule has 2 N–H and O–H groups in total. The minimum Gasteiger partial charge on any atom is -0.494 e. The second kappa shape index (κ2) is 12.3. The zero-order chi connectivity index (χ0) is 26.3. The Morgan fingerprint density at radius 1 is 1.05 bits per heavy atom. The summed E-state index contributed by atoms with van der Waals surface area (Å²) in [5.41, 5.74) is 2.08. The summed E-state index contributed by atoms with van der Waals surface area (Å²) in [6, 6.07) is 19.6. The lowest BCUT2D eigenvalue weighted by atomic mass is 10.2. The van der Waals surface area contributed by atoms with Crippen LogP contribution in [0.5, 0.6) is 5.75 Å². The number of anilines is 1. The average molecular weight is 575 g/mol. The third kappa shape index (κ3) is 6.76. The second-order valence-electron chi connectivity index (χ2n) is 7.69. The number of sulfonamides is 1. The number of unbranched alkanes of at least 4 members (excludes halogenated alkanes) is 1. The first-order chi connectivity index (χ1) is 17.9. The molecule has 0 aliphatic rings. The third-order valence-corrected chi connectivity index (χ3v) is 8.43. The van der Waals surface area contributed by atoms with Crippen molar-refractivity contribution in [3.63, 3.8) is 0 Å². The molecule has 0 amide bonds. The molecule has 0 spiro atoms. The second-order valence-corrected chi connectivity index (χ2v) is 11.1. The highest BCUT2D eigenvalue weighted by Crippen LogP contribution is 2.38. The maximum absolute atomic E-state index is 13.2. The third-order valence-electron chi connectivity index (χ3n) is 5.08. The maximum atomic E-state index is 13.2. The first-order valence-corrected chi connectivity index (χ1v) is 14.3. The number of halogens is 2. The zero-order valence-corrected chi connectivity index (χ0v) is 22.5. The molecule has 4 aromatic rings. The zero-order valence-electron chi connectivity index (χ0n) is 19.3. The van der Waals surface area contributed by atoms with Crippen LogP contribution < -0.4 is 9.46 Å². The molecule has 0 saturated carbocycles. The number of hydrogen-bond acceptors (Lipinski definition) is 7. The van der Waals surface area contributed by atoms with Crippen LogP contribution in [-0.2, 0) is 15.8 Å². The molecule has 0 atom stereocenters. The molecular formula is C25H21Cl2N5O3S2. The number of aromatic nitrogens is 3. The predicted molar refractivity (Wildman–Crippen MR) is 145 cm³/mol. The summed E-state index contributed by atoms with van der Waals surface area (Å²) in [4.78, 5) is 4.17. The molecule has 8 nitrogen and oxygen atoms in total. The van der Waals surface area contributed by atoms with Crippen LogP contribution >= 0.6 is 35.0 Å². The van der Waals surface area contributed by atoms with Gasteiger partial charge in [-0.05, 0) is 48.4 Å². The fourth-order valence-electron chi connectivity index (χ4n) is 3.35. The topological polar surface area (TPSA) is 121 Å². The summed E-state index contributed by atoms with van der Waals surface area (Å²) in [5, 5.41) is 16.3. The highest BCUT2D eigenvalue weighted by molar-refractivity contribution is 7.98. The molecule has 0 aliphatic heterocycles. The highest BCUT2D eigenvalue weighted by atomic mass is 35.5. The van der Waals surface area contributed by atoms with Gasteiger partial charge in [0.2, 0.25) is 0 Å². The van der Waals surface area contributed by atoms with Gasteiger partial charge in [-0.15, -0.1) is 0 Å². The van der Waals surface area contributed by atoms with Gasteiger partial charge in [0.1, 0.15) is 21.5 Å². The Labute approximate surface area is 229 Å². The van der Waals surface area contributed by atoms with E-state index in [1.54, 1.807) is 24.4 Å². The van der Waals surface area contributed by atoms with Crippen LogP contribution in [0, 0.1) is 11.3 Å². The molecule has 2 heterocycles. The number of nitrogens with one attached hydrogen (secondary N) is 2. The van der Waals surface area contributed by atoms with Gasteiger partial charge >= 0.3 is 0 Å². The first kappa shape index (κ1) is 26.8. The van der Waals surface area contributed by atoms with Crippen molar-refractivity contribution in [1.82, 2.24) is 15.2 Å². The van der Waals surface area contributed by atoms with Crippen LogP contribution in [0.2, 0.25) is 10.0 Å². The quantitative estimate of drug-likeness (QED) is 0.154. The van der Waals surface area contributed by atoms with Gasteiger partial charge in [0.05, 0.1) is 34.0 Å². The summed E-state index contributed by atoms with van der Waals surface area (Å²) < 4.78 is 34.5. The van der Waals surface area contributed by atoms with E-state index in [2.05, 4.69) is 26.0 Å². The molecule has 0 saturated heterocycles. The molecule has 2 aromatic carbocycles. The van der Waals surface area contributed by atoms with Crippen molar-refractivity contribution >= 4 is 50.8 Å². The largest absolute Gasteiger partial charge is 0.494 e. The van der Waals surface area contributed by atoms with Crippen LogP contribution in [0.25, 0.3) is 11.3 Å². The van der Waals surface area contributed by atoms with E-state index in [1.165, 1.54) is 23.9 Å². The lowest BCUT2D eigenvalue weighted by Crippen LogP contribution is -2.15. The fraction of sp³-hybridized carbons (Fsp3) is 0.160. The van der Waals surface area contributed by atoms with E-state index in [0.717, 1.165) is 11.3 Å². The molecule has 37 heavy (non-hydrogen) atoms. The molecule has 0 fully saturated rings. The van der Waals surface area contributed by atoms with E-state index in [1.807, 2.05) is 30.3 Å². The minimum absolute atomic E-state index is 0.00555. The number of pyridine rings is 1. The molecule has 0 aliphatic carbocycles. The number of thioether (sulfide) groups is 1. The summed E-state index contributed by atoms with van der Waals surface area (Å²) in [5.74, 6) is 1.45. The lowest BCUT2D eigenvalue weighted by molar-refractivity contribution is 0.312. The van der Waals surface area contributed by atoms with Crippen molar-refractivity contribution in [3.05, 3.63) is 82.5 Å². The normalized spacial score (nSPS) is 11.2. The minimum atomic E-state index is -4.13. The van der Waals surface area contributed by atoms with Crippen LogP contribution in [0.1, 0.15) is 18.4 Å². The van der Waals surface area contributed by atoms with Crippen molar-refractivity contribution < 1.29 is 13.2 Å². The number of H-pyrrole nitrogens is 1. The van der Waals surface area contributed by atoms with E-state index in [0.29, 0.717) is 41.5 Å². The van der Waals surface area contributed by atoms with Crippen molar-refractivity contribution in [2.24, 2.45) is 0 Å². The Balaban J connectivity index is 1.55. The van der Waals surface area contributed by atoms with Crippen LogP contribution in [0.3, 0.4) is 0 Å². The maximum Gasteiger partial charge on any atom is 0.266 e. The fourth-order valence-corrected chi connectivity index (χ4v) is 6.48. The highest BCUT2D eigenvalue weighted by Gasteiger charge is 2.26. The van der Waals surface area contributed by atoms with Gasteiger partial charge < -0.3 is 4.74 Å². The Kier molecular flexibility index (Phi) is 8.95. The van der Waals surface area contributed by atoms with Crippen molar-refractivity contribution in [1.29, 1.82) is 5.26 Å². The lowest BCUT2D eigenvalue weighted by Gasteiger charge is -2.11. The number of rotatable bonds is 11. The van der Waals surface area contributed by atoms with Crippen molar-refractivity contribution in [3.8, 4) is 23.1 Å². The van der Waals surface area contributed by atoms with Gasteiger partial charge in [0, 0.05) is 18.4 Å². The van der Waals surface area contributed by atoms with E-state index < -0.39 is 10.0 Å². The molecule has 0 bridgehead atoms. The van der Waals surface area contributed by atoms with Crippen LogP contribution in [0.15, 0.2) is 76.8 Å². The van der Waals surface area contributed by atoms with Crippen molar-refractivity contribution in [2.75, 3.05) is 11.3 Å². The SMILES string of the molecule is N#CCCCOc1ccc(CSc2n[nH]c(NS(=O)(=O)c3c(Cl)cccc3Cl)c2-c2ccccn2)cc1. The van der Waals surface area contributed by atoms with Gasteiger partial charge in [-0.1, -0.05) is 59.2 Å². The number of nitriles is 1. The Morgan fingerprint density at radius 2 is 1.81 bits per heavy atom. The summed E-state index contributed by atoms with van der Waals surface area (Å²) in [6.45, 7) is 0.487. The van der Waals surface area contributed by atoms with Gasteiger partial charge in [-0.2, -0.15) is 10.4 Å². The molecule has 0 unspecified atom stereocenters. The Bertz CT molecular complexity index is 1490. The Morgan fingerprint density at radius 3 is 2.49 bits per heavy atom. The number of benzene rings is 2. The van der Waals surface area contributed by atoms with Gasteiger partial charge in [-0.3, -0.25) is 14.8 Å². The van der Waals surface area contributed by atoms with E-state index in [9.17, 15) is 8.42 Å². The molecule has 0 radical (unpaired) electrons. The molecule has 12 heteroatoms. The van der Waals surface area contributed by atoms with E-state index >= 15 is 0 Å². The molecule has 2 aromatic heterocycles.